The van der Waals surface area contributed by atoms with Gasteiger partial charge in [-0.2, -0.15) is 0 Å². The number of carbonyl (C=O) groups excluding carboxylic acids is 2. The molecule has 0 fully saturated rings. The standard InChI is InChI=1S/C11H24N4O3/c1-13-11(18)9(4-2-3-6-12)15-10(17)5-7-14-8-16/h9,14,16H,2-8,12H2,1H3,(H,13,18)(H,15,17)/t9-/m0/s1. The summed E-state index contributed by atoms with van der Waals surface area (Å²) >= 11 is 0. The Labute approximate surface area is 107 Å². The number of likely N-dealkylation sites (N-methyl/N-ethyl adjacent to an activating group) is 1. The second kappa shape index (κ2) is 10.9. The minimum atomic E-state index is -0.511. The van der Waals surface area contributed by atoms with Crippen LogP contribution in [0.4, 0.5) is 0 Å². The van der Waals surface area contributed by atoms with Crippen LogP contribution in [0, 0.1) is 0 Å². The fourth-order valence-corrected chi connectivity index (χ4v) is 1.48. The molecule has 0 heterocycles. The highest BCUT2D eigenvalue weighted by atomic mass is 16.3. The SMILES string of the molecule is CNC(=O)[C@H](CCCCN)NC(=O)CCNCO. The fraction of sp³-hybridized carbons (Fsp3) is 0.818. The average Bonchev–Trinajstić information content (AvgIpc) is 2.37. The zero-order chi connectivity index (χ0) is 13.8. The molecule has 106 valence electrons. The summed E-state index contributed by atoms with van der Waals surface area (Å²) in [5, 5.41) is 16.3. The Morgan fingerprint density at radius 2 is 2.06 bits per heavy atom. The summed E-state index contributed by atoms with van der Waals surface area (Å²) in [6.45, 7) is 0.795. The molecule has 0 unspecified atom stereocenters. The summed E-state index contributed by atoms with van der Waals surface area (Å²) in [6, 6.07) is -0.511. The molecular weight excluding hydrogens is 236 g/mol. The molecule has 0 aromatic rings. The molecule has 0 aromatic heterocycles. The first-order valence-electron chi connectivity index (χ1n) is 6.18. The van der Waals surface area contributed by atoms with Crippen LogP contribution in [-0.4, -0.2) is 49.8 Å². The molecule has 0 saturated carbocycles. The molecule has 6 N–H and O–H groups in total. The van der Waals surface area contributed by atoms with Gasteiger partial charge in [0.15, 0.2) is 0 Å². The van der Waals surface area contributed by atoms with Crippen molar-refractivity contribution in [2.24, 2.45) is 5.73 Å². The van der Waals surface area contributed by atoms with Crippen molar-refractivity contribution < 1.29 is 14.7 Å². The third-order valence-corrected chi connectivity index (χ3v) is 2.49. The van der Waals surface area contributed by atoms with Gasteiger partial charge in [0, 0.05) is 20.0 Å². The van der Waals surface area contributed by atoms with Crippen molar-refractivity contribution in [1.82, 2.24) is 16.0 Å². The lowest BCUT2D eigenvalue weighted by atomic mass is 10.1. The molecule has 7 heteroatoms. The number of carbonyl (C=O) groups is 2. The first-order valence-corrected chi connectivity index (χ1v) is 6.18. The lowest BCUT2D eigenvalue weighted by Crippen LogP contribution is -2.46. The first kappa shape index (κ1) is 16.8. The lowest BCUT2D eigenvalue weighted by molar-refractivity contribution is -0.128. The van der Waals surface area contributed by atoms with Crippen LogP contribution in [-0.2, 0) is 9.59 Å². The molecule has 0 aromatic carbocycles. The molecule has 0 radical (unpaired) electrons. The molecule has 0 aliphatic rings. The zero-order valence-corrected chi connectivity index (χ0v) is 10.9. The minimum Gasteiger partial charge on any atom is -0.381 e. The van der Waals surface area contributed by atoms with E-state index in [2.05, 4.69) is 16.0 Å². The van der Waals surface area contributed by atoms with Crippen LogP contribution < -0.4 is 21.7 Å². The van der Waals surface area contributed by atoms with Gasteiger partial charge in [-0.15, -0.1) is 0 Å². The van der Waals surface area contributed by atoms with Gasteiger partial charge in [0.05, 0.1) is 6.73 Å². The smallest absolute Gasteiger partial charge is 0.242 e. The Hall–Kier alpha value is -1.18. The molecule has 0 saturated heterocycles. The second-order valence-corrected chi connectivity index (χ2v) is 3.93. The molecule has 18 heavy (non-hydrogen) atoms. The van der Waals surface area contributed by atoms with Crippen LogP contribution in [0.1, 0.15) is 25.7 Å². The number of amides is 2. The average molecular weight is 260 g/mol. The van der Waals surface area contributed by atoms with Gasteiger partial charge in [-0.1, -0.05) is 0 Å². The van der Waals surface area contributed by atoms with Gasteiger partial charge in [0.25, 0.3) is 0 Å². The number of unbranched alkanes of at least 4 members (excludes halogenated alkanes) is 1. The normalized spacial score (nSPS) is 11.9. The van der Waals surface area contributed by atoms with E-state index in [1.807, 2.05) is 0 Å². The van der Waals surface area contributed by atoms with Gasteiger partial charge in [0.2, 0.25) is 11.8 Å². The zero-order valence-electron chi connectivity index (χ0n) is 10.9. The van der Waals surface area contributed by atoms with Gasteiger partial charge in [-0.25, -0.2) is 0 Å². The third kappa shape index (κ3) is 7.99. The van der Waals surface area contributed by atoms with Crippen molar-refractivity contribution in [2.75, 3.05) is 26.9 Å². The van der Waals surface area contributed by atoms with Gasteiger partial charge in [-0.3, -0.25) is 14.9 Å². The van der Waals surface area contributed by atoms with Gasteiger partial charge >= 0.3 is 0 Å². The molecule has 0 spiro atoms. The molecular formula is C11H24N4O3. The Bertz CT molecular complexity index is 248. The topological polar surface area (TPSA) is 116 Å². The lowest BCUT2D eigenvalue weighted by Gasteiger charge is -2.17. The Balaban J connectivity index is 4.05. The predicted molar refractivity (Wildman–Crippen MR) is 68.6 cm³/mol. The quantitative estimate of drug-likeness (QED) is 0.236. The molecule has 1 atom stereocenters. The van der Waals surface area contributed by atoms with Crippen molar-refractivity contribution in [3.63, 3.8) is 0 Å². The van der Waals surface area contributed by atoms with Gasteiger partial charge in [0.1, 0.15) is 6.04 Å². The van der Waals surface area contributed by atoms with Crippen LogP contribution in [0.25, 0.3) is 0 Å². The summed E-state index contributed by atoms with van der Waals surface area (Å²) in [6.07, 6.45) is 2.43. The van der Waals surface area contributed by atoms with E-state index < -0.39 is 6.04 Å². The van der Waals surface area contributed by atoms with Gasteiger partial charge in [-0.05, 0) is 25.8 Å². The maximum absolute atomic E-state index is 11.6. The van der Waals surface area contributed by atoms with E-state index in [1.54, 1.807) is 0 Å². The van der Waals surface area contributed by atoms with E-state index in [1.165, 1.54) is 7.05 Å². The number of rotatable bonds is 10. The highest BCUT2D eigenvalue weighted by Crippen LogP contribution is 2.01. The van der Waals surface area contributed by atoms with Crippen molar-refractivity contribution in [2.45, 2.75) is 31.7 Å². The number of hydrogen-bond donors (Lipinski definition) is 5. The summed E-state index contributed by atoms with van der Waals surface area (Å²) < 4.78 is 0. The van der Waals surface area contributed by atoms with Crippen molar-refractivity contribution >= 4 is 11.8 Å². The maximum atomic E-state index is 11.6. The van der Waals surface area contributed by atoms with E-state index in [0.29, 0.717) is 19.5 Å². The van der Waals surface area contributed by atoms with E-state index in [9.17, 15) is 9.59 Å². The van der Waals surface area contributed by atoms with E-state index in [-0.39, 0.29) is 25.0 Å². The summed E-state index contributed by atoms with van der Waals surface area (Å²) in [5.41, 5.74) is 5.39. The number of nitrogens with one attached hydrogen (secondary N) is 3. The number of aliphatic hydroxyl groups is 1. The third-order valence-electron chi connectivity index (χ3n) is 2.49. The monoisotopic (exact) mass is 260 g/mol. The van der Waals surface area contributed by atoms with Crippen molar-refractivity contribution in [1.29, 1.82) is 0 Å². The van der Waals surface area contributed by atoms with Crippen LogP contribution >= 0.6 is 0 Å². The number of aliphatic hydroxyl groups excluding tert-OH is 1. The molecule has 2 amide bonds. The number of hydrogen-bond acceptors (Lipinski definition) is 5. The highest BCUT2D eigenvalue weighted by Gasteiger charge is 2.18. The Morgan fingerprint density at radius 3 is 2.61 bits per heavy atom. The van der Waals surface area contributed by atoms with Gasteiger partial charge < -0.3 is 21.5 Å². The molecule has 0 aliphatic carbocycles. The fourth-order valence-electron chi connectivity index (χ4n) is 1.48. The molecule has 0 bridgehead atoms. The number of nitrogens with two attached hydrogens (primary N) is 1. The summed E-state index contributed by atoms with van der Waals surface area (Å²) in [5.74, 6) is -0.409. The van der Waals surface area contributed by atoms with Crippen molar-refractivity contribution in [3.8, 4) is 0 Å². The first-order chi connectivity index (χ1) is 8.65. The summed E-state index contributed by atoms with van der Waals surface area (Å²) in [4.78, 5) is 23.1. The van der Waals surface area contributed by atoms with E-state index in [4.69, 9.17) is 10.8 Å². The largest absolute Gasteiger partial charge is 0.381 e. The van der Waals surface area contributed by atoms with Crippen LogP contribution in [0.2, 0.25) is 0 Å². The Morgan fingerprint density at radius 1 is 1.33 bits per heavy atom. The minimum absolute atomic E-state index is 0.164. The molecule has 0 aliphatic heterocycles. The summed E-state index contributed by atoms with van der Waals surface area (Å²) in [7, 11) is 1.54. The molecule has 0 rings (SSSR count). The van der Waals surface area contributed by atoms with E-state index in [0.717, 1.165) is 12.8 Å². The van der Waals surface area contributed by atoms with Crippen LogP contribution in [0.15, 0.2) is 0 Å². The van der Waals surface area contributed by atoms with Crippen molar-refractivity contribution in [3.05, 3.63) is 0 Å². The predicted octanol–water partition coefficient (Wildman–Crippen LogP) is -1.72. The van der Waals surface area contributed by atoms with Crippen LogP contribution in [0.5, 0.6) is 0 Å². The second-order valence-electron chi connectivity index (χ2n) is 3.93. The maximum Gasteiger partial charge on any atom is 0.242 e. The highest BCUT2D eigenvalue weighted by molar-refractivity contribution is 5.87. The molecule has 7 nitrogen and oxygen atoms in total. The van der Waals surface area contributed by atoms with Crippen LogP contribution in [0.3, 0.4) is 0 Å². The Kier molecular flexibility index (Phi) is 10.2. The van der Waals surface area contributed by atoms with E-state index >= 15 is 0 Å².